The van der Waals surface area contributed by atoms with Gasteiger partial charge in [-0.05, 0) is 32.0 Å². The molecule has 0 radical (unpaired) electrons. The smallest absolute Gasteiger partial charge is 0.134 e. The largest absolute Gasteiger partial charge is 0.497 e. The Hall–Kier alpha value is -1.77. The number of hydrogen-bond acceptors (Lipinski definition) is 3. The van der Waals surface area contributed by atoms with E-state index in [0.717, 1.165) is 34.5 Å². The van der Waals surface area contributed by atoms with Crippen molar-refractivity contribution in [1.29, 1.82) is 0 Å². The lowest BCUT2D eigenvalue weighted by Crippen LogP contribution is -2.05. The first-order chi connectivity index (χ1) is 8.19. The summed E-state index contributed by atoms with van der Waals surface area (Å²) in [5.74, 6) is 1.83. The van der Waals surface area contributed by atoms with E-state index in [1.54, 1.807) is 7.11 Å². The van der Waals surface area contributed by atoms with Gasteiger partial charge in [0.2, 0.25) is 0 Å². The second-order valence-electron chi connectivity index (χ2n) is 4.52. The Morgan fingerprint density at radius 3 is 3.00 bits per heavy atom. The lowest BCUT2D eigenvalue weighted by atomic mass is 10.1. The molecule has 1 atom stereocenters. The maximum absolute atomic E-state index is 5.90. The number of pyridine rings is 1. The summed E-state index contributed by atoms with van der Waals surface area (Å²) in [4.78, 5) is 4.62. The molecule has 2 aromatic rings. The standard InChI is InChI=1S/C14H15NO2/c1-8-6-11-9(2)15-13-5-4-10(16-3)7-12(13)14(11)17-8/h4-5,7-8H,6H2,1-3H3/t8-/m1/s1. The van der Waals surface area contributed by atoms with Gasteiger partial charge in [-0.1, -0.05) is 0 Å². The van der Waals surface area contributed by atoms with Crippen LogP contribution in [-0.2, 0) is 6.42 Å². The molecule has 0 fully saturated rings. The van der Waals surface area contributed by atoms with Gasteiger partial charge < -0.3 is 9.47 Å². The van der Waals surface area contributed by atoms with Crippen LogP contribution in [0.15, 0.2) is 18.2 Å². The summed E-state index contributed by atoms with van der Waals surface area (Å²) >= 11 is 0. The predicted octanol–water partition coefficient (Wildman–Crippen LogP) is 2.88. The highest BCUT2D eigenvalue weighted by Gasteiger charge is 2.24. The van der Waals surface area contributed by atoms with E-state index in [2.05, 4.69) is 11.9 Å². The molecule has 3 heteroatoms. The molecule has 0 aliphatic carbocycles. The molecule has 0 spiro atoms. The van der Waals surface area contributed by atoms with Crippen molar-refractivity contribution < 1.29 is 9.47 Å². The first-order valence-corrected chi connectivity index (χ1v) is 5.83. The Bertz CT molecular complexity index is 592. The summed E-state index contributed by atoms with van der Waals surface area (Å²) in [6, 6.07) is 5.91. The number of benzene rings is 1. The van der Waals surface area contributed by atoms with Crippen molar-refractivity contribution in [1.82, 2.24) is 4.98 Å². The average molecular weight is 229 g/mol. The molecule has 1 aromatic carbocycles. The van der Waals surface area contributed by atoms with Gasteiger partial charge >= 0.3 is 0 Å². The zero-order chi connectivity index (χ0) is 12.0. The van der Waals surface area contributed by atoms with Crippen LogP contribution in [0.2, 0.25) is 0 Å². The second kappa shape index (κ2) is 3.62. The molecule has 0 unspecified atom stereocenters. The third-order valence-corrected chi connectivity index (χ3v) is 3.26. The SMILES string of the molecule is COc1ccc2nc(C)c3c(c2c1)O[C@H](C)C3. The summed E-state index contributed by atoms with van der Waals surface area (Å²) in [5.41, 5.74) is 3.27. The predicted molar refractivity (Wildman–Crippen MR) is 66.8 cm³/mol. The van der Waals surface area contributed by atoms with Crippen LogP contribution in [0, 0.1) is 6.92 Å². The Morgan fingerprint density at radius 2 is 2.24 bits per heavy atom. The van der Waals surface area contributed by atoms with Gasteiger partial charge in [-0.25, -0.2) is 0 Å². The average Bonchev–Trinajstić information content (AvgIpc) is 2.72. The summed E-state index contributed by atoms with van der Waals surface area (Å²) in [7, 11) is 1.67. The summed E-state index contributed by atoms with van der Waals surface area (Å²) in [5, 5.41) is 1.05. The molecular formula is C14H15NO2. The van der Waals surface area contributed by atoms with Crippen molar-refractivity contribution in [2.24, 2.45) is 0 Å². The quantitative estimate of drug-likeness (QED) is 0.753. The first-order valence-electron chi connectivity index (χ1n) is 5.83. The maximum atomic E-state index is 5.90. The molecule has 0 bridgehead atoms. The number of ether oxygens (including phenoxy) is 2. The van der Waals surface area contributed by atoms with Gasteiger partial charge in [0.1, 0.15) is 17.6 Å². The molecule has 88 valence electrons. The zero-order valence-electron chi connectivity index (χ0n) is 10.3. The van der Waals surface area contributed by atoms with Crippen LogP contribution in [0.5, 0.6) is 11.5 Å². The summed E-state index contributed by atoms with van der Waals surface area (Å²) in [6.07, 6.45) is 1.18. The van der Waals surface area contributed by atoms with Crippen LogP contribution < -0.4 is 9.47 Å². The monoisotopic (exact) mass is 229 g/mol. The molecule has 0 saturated carbocycles. The van der Waals surface area contributed by atoms with Crippen molar-refractivity contribution in [2.45, 2.75) is 26.4 Å². The fraction of sp³-hybridized carbons (Fsp3) is 0.357. The third-order valence-electron chi connectivity index (χ3n) is 3.26. The van der Waals surface area contributed by atoms with Crippen LogP contribution in [0.4, 0.5) is 0 Å². The van der Waals surface area contributed by atoms with E-state index >= 15 is 0 Å². The van der Waals surface area contributed by atoms with E-state index in [4.69, 9.17) is 9.47 Å². The number of methoxy groups -OCH3 is 1. The maximum Gasteiger partial charge on any atom is 0.134 e. The molecule has 3 nitrogen and oxygen atoms in total. The van der Waals surface area contributed by atoms with E-state index in [9.17, 15) is 0 Å². The second-order valence-corrected chi connectivity index (χ2v) is 4.52. The molecule has 2 heterocycles. The highest BCUT2D eigenvalue weighted by Crippen LogP contribution is 2.38. The molecule has 0 N–H and O–H groups in total. The fourth-order valence-corrected chi connectivity index (χ4v) is 2.40. The van der Waals surface area contributed by atoms with Gasteiger partial charge in [-0.2, -0.15) is 0 Å². The molecule has 0 amide bonds. The van der Waals surface area contributed by atoms with Crippen molar-refractivity contribution in [2.75, 3.05) is 7.11 Å². The molecular weight excluding hydrogens is 214 g/mol. The van der Waals surface area contributed by atoms with Gasteiger partial charge in [0.15, 0.2) is 0 Å². The third kappa shape index (κ3) is 1.54. The number of aryl methyl sites for hydroxylation is 1. The molecule has 0 saturated heterocycles. The van der Waals surface area contributed by atoms with Crippen LogP contribution in [0.1, 0.15) is 18.2 Å². The van der Waals surface area contributed by atoms with Crippen molar-refractivity contribution in [3.05, 3.63) is 29.5 Å². The number of rotatable bonds is 1. The highest BCUT2D eigenvalue weighted by molar-refractivity contribution is 5.88. The number of fused-ring (bicyclic) bond motifs is 3. The van der Waals surface area contributed by atoms with E-state index in [0.29, 0.717) is 0 Å². The molecule has 1 aliphatic heterocycles. The van der Waals surface area contributed by atoms with Crippen LogP contribution >= 0.6 is 0 Å². The summed E-state index contributed by atoms with van der Waals surface area (Å²) < 4.78 is 11.2. The highest BCUT2D eigenvalue weighted by atomic mass is 16.5. The molecule has 1 aromatic heterocycles. The molecule has 3 rings (SSSR count). The molecule has 1 aliphatic rings. The van der Waals surface area contributed by atoms with Crippen LogP contribution in [0.25, 0.3) is 10.9 Å². The van der Waals surface area contributed by atoms with Gasteiger partial charge in [-0.15, -0.1) is 0 Å². The van der Waals surface area contributed by atoms with Gasteiger partial charge in [-0.3, -0.25) is 4.98 Å². The number of nitrogens with zero attached hydrogens (tertiary/aromatic N) is 1. The van der Waals surface area contributed by atoms with Crippen molar-refractivity contribution in [3.8, 4) is 11.5 Å². The summed E-state index contributed by atoms with van der Waals surface area (Å²) in [6.45, 7) is 4.13. The Labute approximate surface area is 100 Å². The first kappa shape index (κ1) is 10.4. The lowest BCUT2D eigenvalue weighted by molar-refractivity contribution is 0.257. The van der Waals surface area contributed by atoms with E-state index < -0.39 is 0 Å². The normalized spacial score (nSPS) is 17.9. The van der Waals surface area contributed by atoms with Gasteiger partial charge in [0, 0.05) is 23.1 Å². The van der Waals surface area contributed by atoms with E-state index in [-0.39, 0.29) is 6.10 Å². The van der Waals surface area contributed by atoms with Gasteiger partial charge in [0.25, 0.3) is 0 Å². The Morgan fingerprint density at radius 1 is 1.41 bits per heavy atom. The van der Waals surface area contributed by atoms with Crippen molar-refractivity contribution in [3.63, 3.8) is 0 Å². The van der Waals surface area contributed by atoms with E-state index in [1.165, 1.54) is 5.56 Å². The molecule has 17 heavy (non-hydrogen) atoms. The van der Waals surface area contributed by atoms with E-state index in [1.807, 2.05) is 25.1 Å². The minimum absolute atomic E-state index is 0.238. The van der Waals surface area contributed by atoms with Crippen LogP contribution in [-0.4, -0.2) is 18.2 Å². The minimum Gasteiger partial charge on any atom is -0.497 e. The van der Waals surface area contributed by atoms with Crippen LogP contribution in [0.3, 0.4) is 0 Å². The minimum atomic E-state index is 0.238. The Kier molecular flexibility index (Phi) is 2.21. The lowest BCUT2D eigenvalue weighted by Gasteiger charge is -2.09. The number of aromatic nitrogens is 1. The van der Waals surface area contributed by atoms with Crippen molar-refractivity contribution >= 4 is 10.9 Å². The zero-order valence-corrected chi connectivity index (χ0v) is 10.3. The number of hydrogen-bond donors (Lipinski definition) is 0. The topological polar surface area (TPSA) is 31.4 Å². The van der Waals surface area contributed by atoms with Gasteiger partial charge in [0.05, 0.1) is 12.6 Å². The fourth-order valence-electron chi connectivity index (χ4n) is 2.40. The Balaban J connectivity index is 2.31.